The first kappa shape index (κ1) is 9.50. The highest BCUT2D eigenvalue weighted by molar-refractivity contribution is 5.85. The Morgan fingerprint density at radius 2 is 1.85 bits per heavy atom. The molecule has 1 heterocycles. The third kappa shape index (κ3) is 1.77. The van der Waals surface area contributed by atoms with Crippen molar-refractivity contribution in [3.63, 3.8) is 0 Å². The highest BCUT2D eigenvalue weighted by Gasteiger charge is 1.94. The van der Waals surface area contributed by atoms with Gasteiger partial charge in [-0.3, -0.25) is 0 Å². The molecule has 0 saturated heterocycles. The monoisotopic (exact) mass is 190 g/mol. The lowest BCUT2D eigenvalue weighted by Gasteiger charge is -1.94. The van der Waals surface area contributed by atoms with E-state index < -0.39 is 0 Å². The molecular weight excluding hydrogens is 184 g/mol. The van der Waals surface area contributed by atoms with E-state index in [1.165, 1.54) is 0 Å². The highest BCUT2D eigenvalue weighted by Crippen LogP contribution is 2.10. The molecule has 13 heavy (non-hydrogen) atoms. The Morgan fingerprint density at radius 1 is 1.08 bits per heavy atom. The number of halogens is 1. The molecule has 0 fully saturated rings. The van der Waals surface area contributed by atoms with Crippen molar-refractivity contribution >= 4 is 23.3 Å². The van der Waals surface area contributed by atoms with Crippen LogP contribution in [0.2, 0.25) is 0 Å². The number of benzene rings is 1. The molecule has 0 amide bonds. The standard InChI is InChI=1S/C10H6N2.ClH/c11-7-9-6-5-8-3-1-2-4-10(8)12-9;/h1-6H;1H. The quantitative estimate of drug-likeness (QED) is 0.640. The van der Waals surface area contributed by atoms with Crippen LogP contribution < -0.4 is 0 Å². The lowest BCUT2D eigenvalue weighted by atomic mass is 10.2. The van der Waals surface area contributed by atoms with Crippen LogP contribution in [-0.4, -0.2) is 4.98 Å². The fraction of sp³-hybridized carbons (Fsp3) is 0. The van der Waals surface area contributed by atoms with E-state index in [4.69, 9.17) is 5.26 Å². The molecule has 64 valence electrons. The minimum atomic E-state index is 0. The van der Waals surface area contributed by atoms with Gasteiger partial charge in [-0.25, -0.2) is 4.98 Å². The van der Waals surface area contributed by atoms with Gasteiger partial charge in [-0.1, -0.05) is 18.2 Å². The second kappa shape index (κ2) is 3.88. The number of nitriles is 1. The summed E-state index contributed by atoms with van der Waals surface area (Å²) >= 11 is 0. The van der Waals surface area contributed by atoms with Gasteiger partial charge < -0.3 is 0 Å². The van der Waals surface area contributed by atoms with E-state index >= 15 is 0 Å². The van der Waals surface area contributed by atoms with Crippen LogP contribution in [0.15, 0.2) is 36.4 Å². The first-order valence-electron chi connectivity index (χ1n) is 3.66. The van der Waals surface area contributed by atoms with Crippen LogP contribution in [0.4, 0.5) is 0 Å². The predicted molar refractivity (Wildman–Crippen MR) is 53.7 cm³/mol. The van der Waals surface area contributed by atoms with Crippen molar-refractivity contribution in [1.82, 2.24) is 4.98 Å². The van der Waals surface area contributed by atoms with Gasteiger partial charge in [0.1, 0.15) is 11.8 Å². The third-order valence-corrected chi connectivity index (χ3v) is 1.71. The number of para-hydroxylation sites is 1. The number of pyridine rings is 1. The summed E-state index contributed by atoms with van der Waals surface area (Å²) in [6, 6.07) is 13.4. The Labute approximate surface area is 82.2 Å². The van der Waals surface area contributed by atoms with Crippen LogP contribution in [-0.2, 0) is 0 Å². The molecule has 0 bridgehead atoms. The van der Waals surface area contributed by atoms with Crippen molar-refractivity contribution in [2.45, 2.75) is 0 Å². The summed E-state index contributed by atoms with van der Waals surface area (Å²) < 4.78 is 0. The summed E-state index contributed by atoms with van der Waals surface area (Å²) in [6.07, 6.45) is 0. The van der Waals surface area contributed by atoms with E-state index in [2.05, 4.69) is 4.98 Å². The Bertz CT molecular complexity index is 460. The summed E-state index contributed by atoms with van der Waals surface area (Å²) in [5, 5.41) is 9.65. The number of nitrogens with zero attached hydrogens (tertiary/aromatic N) is 2. The van der Waals surface area contributed by atoms with Crippen molar-refractivity contribution < 1.29 is 0 Å². The molecule has 3 heteroatoms. The van der Waals surface area contributed by atoms with Crippen molar-refractivity contribution in [1.29, 1.82) is 5.26 Å². The molecule has 0 aliphatic heterocycles. The number of fused-ring (bicyclic) bond motifs is 1. The summed E-state index contributed by atoms with van der Waals surface area (Å²) in [5.41, 5.74) is 1.34. The molecule has 1 aromatic heterocycles. The van der Waals surface area contributed by atoms with Crippen molar-refractivity contribution in [3.8, 4) is 6.07 Å². The van der Waals surface area contributed by atoms with Gasteiger partial charge in [-0.05, 0) is 18.2 Å². The number of hydrogen-bond donors (Lipinski definition) is 0. The average Bonchev–Trinajstić information content (AvgIpc) is 2.17. The van der Waals surface area contributed by atoms with Gasteiger partial charge in [0.15, 0.2) is 0 Å². The third-order valence-electron chi connectivity index (χ3n) is 1.71. The van der Waals surface area contributed by atoms with Crippen LogP contribution in [0, 0.1) is 11.3 Å². The van der Waals surface area contributed by atoms with Gasteiger partial charge in [0, 0.05) is 5.39 Å². The predicted octanol–water partition coefficient (Wildman–Crippen LogP) is 2.53. The number of hydrogen-bond acceptors (Lipinski definition) is 2. The van der Waals surface area contributed by atoms with E-state index in [0.717, 1.165) is 10.9 Å². The van der Waals surface area contributed by atoms with Gasteiger partial charge in [0.2, 0.25) is 0 Å². The second-order valence-corrected chi connectivity index (χ2v) is 2.50. The minimum absolute atomic E-state index is 0. The normalized spacial score (nSPS) is 8.85. The minimum Gasteiger partial charge on any atom is -0.237 e. The molecule has 0 aliphatic carbocycles. The van der Waals surface area contributed by atoms with Gasteiger partial charge in [0.25, 0.3) is 0 Å². The van der Waals surface area contributed by atoms with Crippen LogP contribution in [0.5, 0.6) is 0 Å². The Kier molecular flexibility index (Phi) is 2.84. The molecule has 0 unspecified atom stereocenters. The molecule has 2 aromatic rings. The summed E-state index contributed by atoms with van der Waals surface area (Å²) in [4.78, 5) is 4.13. The lowest BCUT2D eigenvalue weighted by molar-refractivity contribution is 1.33. The maximum Gasteiger partial charge on any atom is 0.141 e. The molecule has 0 spiro atoms. The number of aromatic nitrogens is 1. The van der Waals surface area contributed by atoms with Crippen molar-refractivity contribution in [3.05, 3.63) is 42.1 Å². The second-order valence-electron chi connectivity index (χ2n) is 2.50. The van der Waals surface area contributed by atoms with Crippen molar-refractivity contribution in [2.75, 3.05) is 0 Å². The van der Waals surface area contributed by atoms with Crippen LogP contribution in [0.3, 0.4) is 0 Å². The summed E-state index contributed by atoms with van der Waals surface area (Å²) in [6.45, 7) is 0. The molecule has 2 rings (SSSR count). The smallest absolute Gasteiger partial charge is 0.141 e. The molecule has 0 radical (unpaired) electrons. The SMILES string of the molecule is Cl.N#Cc1ccc2ccccc2n1. The topological polar surface area (TPSA) is 36.7 Å². The van der Waals surface area contributed by atoms with Crippen LogP contribution in [0.1, 0.15) is 5.69 Å². The van der Waals surface area contributed by atoms with Crippen LogP contribution in [0.25, 0.3) is 10.9 Å². The van der Waals surface area contributed by atoms with E-state index in [-0.39, 0.29) is 12.4 Å². The zero-order valence-electron chi connectivity index (χ0n) is 6.77. The Balaban J connectivity index is 0.000000845. The maximum absolute atomic E-state index is 8.58. The molecule has 2 nitrogen and oxygen atoms in total. The lowest BCUT2D eigenvalue weighted by Crippen LogP contribution is -1.82. The zero-order valence-corrected chi connectivity index (χ0v) is 7.58. The summed E-state index contributed by atoms with van der Waals surface area (Å²) in [7, 11) is 0. The Hall–Kier alpha value is -1.59. The fourth-order valence-electron chi connectivity index (χ4n) is 1.13. The largest absolute Gasteiger partial charge is 0.237 e. The van der Waals surface area contributed by atoms with E-state index in [0.29, 0.717) is 5.69 Å². The molecule has 0 saturated carbocycles. The van der Waals surface area contributed by atoms with E-state index in [9.17, 15) is 0 Å². The zero-order chi connectivity index (χ0) is 8.39. The molecule has 0 atom stereocenters. The highest BCUT2D eigenvalue weighted by atomic mass is 35.5. The number of rotatable bonds is 0. The molecule has 0 aliphatic rings. The first-order valence-corrected chi connectivity index (χ1v) is 3.66. The Morgan fingerprint density at radius 3 is 2.62 bits per heavy atom. The van der Waals surface area contributed by atoms with Crippen LogP contribution >= 0.6 is 12.4 Å². The fourth-order valence-corrected chi connectivity index (χ4v) is 1.13. The van der Waals surface area contributed by atoms with E-state index in [1.54, 1.807) is 6.07 Å². The van der Waals surface area contributed by atoms with Gasteiger partial charge in [-0.15, -0.1) is 12.4 Å². The van der Waals surface area contributed by atoms with Crippen molar-refractivity contribution in [2.24, 2.45) is 0 Å². The maximum atomic E-state index is 8.58. The first-order chi connectivity index (χ1) is 5.90. The molecule has 0 N–H and O–H groups in total. The van der Waals surface area contributed by atoms with E-state index in [1.807, 2.05) is 36.4 Å². The molecule has 1 aromatic carbocycles. The van der Waals surface area contributed by atoms with Gasteiger partial charge >= 0.3 is 0 Å². The molecular formula is C10H7ClN2. The van der Waals surface area contributed by atoms with Gasteiger partial charge in [0.05, 0.1) is 5.52 Å². The summed E-state index contributed by atoms with van der Waals surface area (Å²) in [5.74, 6) is 0. The average molecular weight is 191 g/mol. The van der Waals surface area contributed by atoms with Gasteiger partial charge in [-0.2, -0.15) is 5.26 Å².